The molecule has 3 N–H and O–H groups in total. The zero-order valence-electron chi connectivity index (χ0n) is 20.2. The normalized spacial score (nSPS) is 13.5. The molecule has 4 rings (SSSR count). The lowest BCUT2D eigenvalue weighted by molar-refractivity contribution is -0.126. The Morgan fingerprint density at radius 1 is 1.03 bits per heavy atom. The van der Waals surface area contributed by atoms with Crippen LogP contribution in [0.15, 0.2) is 42.7 Å². The number of nitrogens with one attached hydrogen (secondary N) is 3. The summed E-state index contributed by atoms with van der Waals surface area (Å²) in [4.78, 5) is 32.6. The molecule has 36 heavy (non-hydrogen) atoms. The van der Waals surface area contributed by atoms with Crippen molar-refractivity contribution in [3.63, 3.8) is 0 Å². The van der Waals surface area contributed by atoms with Crippen LogP contribution in [0.5, 0.6) is 5.75 Å². The average molecular weight is 496 g/mol. The number of fused-ring (bicyclic) bond motifs is 1. The number of nitrogens with zero attached hydrogens (tertiary/aromatic N) is 2. The zero-order valence-corrected chi connectivity index (χ0v) is 20.2. The zero-order chi connectivity index (χ0) is 25.3. The molecular formula is C26H30FN5O4. The Morgan fingerprint density at radius 2 is 1.78 bits per heavy atom. The molecule has 0 radical (unpaired) electrons. The monoisotopic (exact) mass is 495 g/mol. The average Bonchev–Trinajstić information content (AvgIpc) is 3.38. The van der Waals surface area contributed by atoms with Gasteiger partial charge in [0.25, 0.3) is 0 Å². The smallest absolute Gasteiger partial charge is 0.233 e. The topological polar surface area (TPSA) is 114 Å². The predicted octanol–water partition coefficient (Wildman–Crippen LogP) is 4.17. The molecule has 1 aromatic heterocycles. The fourth-order valence-corrected chi connectivity index (χ4v) is 4.20. The van der Waals surface area contributed by atoms with Gasteiger partial charge in [0.1, 0.15) is 36.7 Å². The van der Waals surface area contributed by atoms with Crippen LogP contribution in [0.2, 0.25) is 0 Å². The molecule has 2 amide bonds. The Morgan fingerprint density at radius 3 is 2.53 bits per heavy atom. The van der Waals surface area contributed by atoms with E-state index in [0.717, 1.165) is 12.8 Å². The Kier molecular flexibility index (Phi) is 8.62. The van der Waals surface area contributed by atoms with Crippen molar-refractivity contribution in [2.75, 3.05) is 37.5 Å². The SMILES string of the molecule is COCCOc1cc(F)c2c(Nc3ccc(NC(=O)CC(=O)NCC4CCCC4)cc3)ncnc2c1. The number of methoxy groups -OCH3 is 1. The van der Waals surface area contributed by atoms with Crippen molar-refractivity contribution in [2.45, 2.75) is 32.1 Å². The van der Waals surface area contributed by atoms with Crippen LogP contribution in [0.1, 0.15) is 32.1 Å². The fourth-order valence-electron chi connectivity index (χ4n) is 4.20. The molecule has 2 aromatic carbocycles. The van der Waals surface area contributed by atoms with E-state index in [0.29, 0.717) is 54.1 Å². The summed E-state index contributed by atoms with van der Waals surface area (Å²) in [6.07, 6.45) is 5.80. The number of anilines is 3. The lowest BCUT2D eigenvalue weighted by Gasteiger charge is -2.12. The summed E-state index contributed by atoms with van der Waals surface area (Å²) in [6.45, 7) is 1.32. The van der Waals surface area contributed by atoms with E-state index < -0.39 is 5.82 Å². The molecule has 1 saturated carbocycles. The molecular weight excluding hydrogens is 465 g/mol. The number of hydrogen-bond donors (Lipinski definition) is 3. The number of rotatable bonds is 11. The third-order valence-electron chi connectivity index (χ3n) is 6.03. The number of halogens is 1. The summed E-state index contributed by atoms with van der Waals surface area (Å²) in [5, 5.41) is 8.89. The molecule has 1 aliphatic rings. The maximum atomic E-state index is 14.9. The molecule has 9 nitrogen and oxygen atoms in total. The highest BCUT2D eigenvalue weighted by molar-refractivity contribution is 6.03. The molecule has 190 valence electrons. The van der Waals surface area contributed by atoms with E-state index in [1.807, 2.05) is 0 Å². The molecule has 0 atom stereocenters. The maximum absolute atomic E-state index is 14.9. The summed E-state index contributed by atoms with van der Waals surface area (Å²) in [5.74, 6) is 0.00669. The van der Waals surface area contributed by atoms with Gasteiger partial charge in [-0.25, -0.2) is 14.4 Å². The van der Waals surface area contributed by atoms with Crippen molar-refractivity contribution in [2.24, 2.45) is 5.92 Å². The first kappa shape index (κ1) is 25.3. The Labute approximate surface area is 208 Å². The van der Waals surface area contributed by atoms with Crippen molar-refractivity contribution in [3.8, 4) is 5.75 Å². The minimum Gasteiger partial charge on any atom is -0.491 e. The molecule has 3 aromatic rings. The van der Waals surface area contributed by atoms with E-state index in [-0.39, 0.29) is 23.6 Å². The van der Waals surface area contributed by atoms with Crippen molar-refractivity contribution < 1.29 is 23.5 Å². The van der Waals surface area contributed by atoms with E-state index in [2.05, 4.69) is 25.9 Å². The van der Waals surface area contributed by atoms with Gasteiger partial charge in [-0.1, -0.05) is 12.8 Å². The molecule has 10 heteroatoms. The van der Waals surface area contributed by atoms with Gasteiger partial charge >= 0.3 is 0 Å². The third-order valence-corrected chi connectivity index (χ3v) is 6.03. The van der Waals surface area contributed by atoms with Gasteiger partial charge in [-0.3, -0.25) is 9.59 Å². The van der Waals surface area contributed by atoms with Gasteiger partial charge in [0.15, 0.2) is 0 Å². The first-order chi connectivity index (χ1) is 17.5. The number of benzene rings is 2. The second-order valence-electron chi connectivity index (χ2n) is 8.74. The van der Waals surface area contributed by atoms with Crippen LogP contribution in [0.25, 0.3) is 10.9 Å². The summed E-state index contributed by atoms with van der Waals surface area (Å²) >= 11 is 0. The lowest BCUT2D eigenvalue weighted by atomic mass is 10.1. The molecule has 0 spiro atoms. The van der Waals surface area contributed by atoms with Crippen LogP contribution in [0, 0.1) is 11.7 Å². The number of carbonyl (C=O) groups excluding carboxylic acids is 2. The third kappa shape index (κ3) is 6.88. The molecule has 1 fully saturated rings. The first-order valence-electron chi connectivity index (χ1n) is 12.0. The van der Waals surface area contributed by atoms with E-state index in [1.54, 1.807) is 37.4 Å². The van der Waals surface area contributed by atoms with Gasteiger partial charge in [-0.05, 0) is 43.0 Å². The van der Waals surface area contributed by atoms with E-state index in [9.17, 15) is 14.0 Å². The molecule has 0 aliphatic heterocycles. The Balaban J connectivity index is 1.34. The second-order valence-corrected chi connectivity index (χ2v) is 8.74. The highest BCUT2D eigenvalue weighted by Gasteiger charge is 2.17. The van der Waals surface area contributed by atoms with E-state index >= 15 is 0 Å². The number of hydrogen-bond acceptors (Lipinski definition) is 7. The summed E-state index contributed by atoms with van der Waals surface area (Å²) in [6, 6.07) is 9.77. The highest BCUT2D eigenvalue weighted by Crippen LogP contribution is 2.29. The molecule has 1 aliphatic carbocycles. The van der Waals surface area contributed by atoms with Crippen LogP contribution in [0.3, 0.4) is 0 Å². The van der Waals surface area contributed by atoms with Gasteiger partial charge < -0.3 is 25.4 Å². The number of carbonyl (C=O) groups is 2. The maximum Gasteiger partial charge on any atom is 0.233 e. The van der Waals surface area contributed by atoms with Gasteiger partial charge in [-0.2, -0.15) is 0 Å². The van der Waals surface area contributed by atoms with Crippen molar-refractivity contribution in [3.05, 3.63) is 48.5 Å². The molecule has 1 heterocycles. The van der Waals surface area contributed by atoms with Crippen LogP contribution in [0.4, 0.5) is 21.6 Å². The van der Waals surface area contributed by atoms with Crippen LogP contribution in [-0.2, 0) is 14.3 Å². The van der Waals surface area contributed by atoms with Crippen molar-refractivity contribution >= 4 is 39.9 Å². The number of aromatic nitrogens is 2. The standard InChI is InChI=1S/C26H30FN5O4/c1-35-10-11-36-20-12-21(27)25-22(13-20)29-16-30-26(25)32-19-8-6-18(7-9-19)31-24(34)14-23(33)28-15-17-4-2-3-5-17/h6-9,12-13,16-17H,2-5,10-11,14-15H2,1H3,(H,28,33)(H,31,34)(H,29,30,32). The summed E-state index contributed by atoms with van der Waals surface area (Å²) in [7, 11) is 1.56. The van der Waals surface area contributed by atoms with Crippen LogP contribution >= 0.6 is 0 Å². The molecule has 0 unspecified atom stereocenters. The Bertz CT molecular complexity index is 1200. The fraction of sp³-hybridized carbons (Fsp3) is 0.385. The van der Waals surface area contributed by atoms with Gasteiger partial charge in [0.05, 0.1) is 17.5 Å². The lowest BCUT2D eigenvalue weighted by Crippen LogP contribution is -2.31. The summed E-state index contributed by atoms with van der Waals surface area (Å²) in [5.41, 5.74) is 1.59. The first-order valence-corrected chi connectivity index (χ1v) is 12.0. The quantitative estimate of drug-likeness (QED) is 0.270. The van der Waals surface area contributed by atoms with Crippen molar-refractivity contribution in [1.29, 1.82) is 0 Å². The van der Waals surface area contributed by atoms with Gasteiger partial charge in [0.2, 0.25) is 11.8 Å². The number of amides is 2. The molecule has 0 bridgehead atoms. The van der Waals surface area contributed by atoms with Crippen molar-refractivity contribution in [1.82, 2.24) is 15.3 Å². The highest BCUT2D eigenvalue weighted by atomic mass is 19.1. The van der Waals surface area contributed by atoms with Gasteiger partial charge in [-0.15, -0.1) is 0 Å². The van der Waals surface area contributed by atoms with Gasteiger partial charge in [0, 0.05) is 37.2 Å². The largest absolute Gasteiger partial charge is 0.491 e. The molecule has 0 saturated heterocycles. The minimum absolute atomic E-state index is 0.226. The number of ether oxygens (including phenoxy) is 2. The predicted molar refractivity (Wildman–Crippen MR) is 135 cm³/mol. The minimum atomic E-state index is -0.516. The Hall–Kier alpha value is -3.79. The second kappa shape index (κ2) is 12.3. The van der Waals surface area contributed by atoms with E-state index in [4.69, 9.17) is 9.47 Å². The van der Waals surface area contributed by atoms with E-state index in [1.165, 1.54) is 25.2 Å². The van der Waals surface area contributed by atoms with Crippen LogP contribution in [-0.4, -0.2) is 48.7 Å². The van der Waals surface area contributed by atoms with Crippen LogP contribution < -0.4 is 20.7 Å². The summed E-state index contributed by atoms with van der Waals surface area (Å²) < 4.78 is 25.3.